The number of likely N-dealkylation sites (N-methyl/N-ethyl adjacent to an activating group) is 1. The molecule has 86 valence electrons. The Balaban J connectivity index is 2.57. The topological polar surface area (TPSA) is 66.8 Å². The van der Waals surface area contributed by atoms with E-state index in [1.807, 2.05) is 6.92 Å². The first-order valence-corrected chi connectivity index (χ1v) is 4.70. The van der Waals surface area contributed by atoms with Gasteiger partial charge in [-0.25, -0.2) is 4.79 Å². The second-order valence-electron chi connectivity index (χ2n) is 3.43. The third-order valence-electron chi connectivity index (χ3n) is 1.91. The van der Waals surface area contributed by atoms with Crippen molar-refractivity contribution in [2.75, 3.05) is 13.6 Å². The Bertz CT molecular complexity index is 385. The summed E-state index contributed by atoms with van der Waals surface area (Å²) in [5, 5.41) is 8.49. The van der Waals surface area contributed by atoms with Crippen molar-refractivity contribution < 1.29 is 19.4 Å². The van der Waals surface area contributed by atoms with Crippen molar-refractivity contribution in [1.82, 2.24) is 4.90 Å². The van der Waals surface area contributed by atoms with Gasteiger partial charge in [-0.3, -0.25) is 9.69 Å². The van der Waals surface area contributed by atoms with Gasteiger partial charge in [-0.15, -0.1) is 0 Å². The molecule has 1 aromatic carbocycles. The molecule has 1 amide bonds. The summed E-state index contributed by atoms with van der Waals surface area (Å²) in [6.07, 6.45) is -0.689. The van der Waals surface area contributed by atoms with Crippen LogP contribution >= 0.6 is 0 Å². The second-order valence-corrected chi connectivity index (χ2v) is 3.43. The van der Waals surface area contributed by atoms with E-state index < -0.39 is 12.1 Å². The molecule has 0 saturated heterocycles. The molecule has 0 heterocycles. The predicted molar refractivity (Wildman–Crippen MR) is 57.5 cm³/mol. The molecule has 1 aromatic rings. The van der Waals surface area contributed by atoms with Gasteiger partial charge in [0.2, 0.25) is 0 Å². The van der Waals surface area contributed by atoms with Gasteiger partial charge in [-0.2, -0.15) is 0 Å². The van der Waals surface area contributed by atoms with E-state index in [-0.39, 0.29) is 6.54 Å². The molecule has 1 N–H and O–H groups in total. The van der Waals surface area contributed by atoms with Crippen molar-refractivity contribution in [3.8, 4) is 5.75 Å². The van der Waals surface area contributed by atoms with Crippen LogP contribution in [0.25, 0.3) is 0 Å². The zero-order chi connectivity index (χ0) is 12.1. The SMILES string of the molecule is Cc1ccc(OC(=O)N(C)CC(=O)O)cc1. The van der Waals surface area contributed by atoms with E-state index >= 15 is 0 Å². The maximum atomic E-state index is 11.4. The smallest absolute Gasteiger partial charge is 0.415 e. The van der Waals surface area contributed by atoms with Crippen molar-refractivity contribution in [3.63, 3.8) is 0 Å². The lowest BCUT2D eigenvalue weighted by Crippen LogP contribution is -2.34. The van der Waals surface area contributed by atoms with Crippen LogP contribution in [0.4, 0.5) is 4.79 Å². The van der Waals surface area contributed by atoms with Gasteiger partial charge < -0.3 is 9.84 Å². The summed E-state index contributed by atoms with van der Waals surface area (Å²) in [5.41, 5.74) is 1.05. The Morgan fingerprint density at radius 3 is 2.38 bits per heavy atom. The maximum Gasteiger partial charge on any atom is 0.415 e. The third-order valence-corrected chi connectivity index (χ3v) is 1.91. The van der Waals surface area contributed by atoms with Gasteiger partial charge in [0.05, 0.1) is 0 Å². The molecule has 1 rings (SSSR count). The van der Waals surface area contributed by atoms with Crippen molar-refractivity contribution in [2.45, 2.75) is 6.92 Å². The van der Waals surface area contributed by atoms with E-state index in [2.05, 4.69) is 0 Å². The minimum atomic E-state index is -1.08. The van der Waals surface area contributed by atoms with Crippen LogP contribution in [0.2, 0.25) is 0 Å². The summed E-state index contributed by atoms with van der Waals surface area (Å²) in [6.45, 7) is 1.53. The van der Waals surface area contributed by atoms with E-state index in [0.29, 0.717) is 5.75 Å². The highest BCUT2D eigenvalue weighted by Crippen LogP contribution is 2.12. The molecule has 5 heteroatoms. The van der Waals surface area contributed by atoms with E-state index in [0.717, 1.165) is 10.5 Å². The van der Waals surface area contributed by atoms with Crippen molar-refractivity contribution in [2.24, 2.45) is 0 Å². The first-order valence-electron chi connectivity index (χ1n) is 4.70. The fraction of sp³-hybridized carbons (Fsp3) is 0.273. The number of carbonyl (C=O) groups excluding carboxylic acids is 1. The molecule has 0 bridgehead atoms. The average molecular weight is 223 g/mol. The normalized spacial score (nSPS) is 9.62. The highest BCUT2D eigenvalue weighted by atomic mass is 16.6. The lowest BCUT2D eigenvalue weighted by atomic mass is 10.2. The molecule has 5 nitrogen and oxygen atoms in total. The number of hydrogen-bond donors (Lipinski definition) is 1. The van der Waals surface area contributed by atoms with Crippen LogP contribution in [0.1, 0.15) is 5.56 Å². The highest BCUT2D eigenvalue weighted by molar-refractivity contribution is 5.77. The number of amides is 1. The predicted octanol–water partition coefficient (Wildman–Crippen LogP) is 1.51. The molecule has 0 spiro atoms. The van der Waals surface area contributed by atoms with Gasteiger partial charge in [0.25, 0.3) is 0 Å². The van der Waals surface area contributed by atoms with Crippen LogP contribution < -0.4 is 4.74 Å². The largest absolute Gasteiger partial charge is 0.480 e. The second kappa shape index (κ2) is 5.16. The number of nitrogens with zero attached hydrogens (tertiary/aromatic N) is 1. The Labute approximate surface area is 93.2 Å². The van der Waals surface area contributed by atoms with Gasteiger partial charge in [-0.1, -0.05) is 17.7 Å². The molecule has 0 aliphatic heterocycles. The average Bonchev–Trinajstić information content (AvgIpc) is 2.20. The third kappa shape index (κ3) is 3.61. The van der Waals surface area contributed by atoms with Gasteiger partial charge >= 0.3 is 12.1 Å². The Hall–Kier alpha value is -2.04. The van der Waals surface area contributed by atoms with Gasteiger partial charge in [0.1, 0.15) is 12.3 Å². The summed E-state index contributed by atoms with van der Waals surface area (Å²) in [5.74, 6) is -0.684. The number of benzene rings is 1. The van der Waals surface area contributed by atoms with Gasteiger partial charge in [0, 0.05) is 7.05 Å². The first-order chi connectivity index (χ1) is 7.49. The van der Waals surface area contributed by atoms with Crippen molar-refractivity contribution in [1.29, 1.82) is 0 Å². The van der Waals surface area contributed by atoms with Crippen LogP contribution in [-0.4, -0.2) is 35.7 Å². The summed E-state index contributed by atoms with van der Waals surface area (Å²) in [4.78, 5) is 22.7. The van der Waals surface area contributed by atoms with Crippen molar-refractivity contribution >= 4 is 12.1 Å². The molecule has 0 aromatic heterocycles. The molecular weight excluding hydrogens is 210 g/mol. The van der Waals surface area contributed by atoms with E-state index in [4.69, 9.17) is 9.84 Å². The minimum absolute atomic E-state index is 0.384. The zero-order valence-electron chi connectivity index (χ0n) is 9.14. The lowest BCUT2D eigenvalue weighted by molar-refractivity contribution is -0.137. The monoisotopic (exact) mass is 223 g/mol. The fourth-order valence-corrected chi connectivity index (χ4v) is 1.05. The van der Waals surface area contributed by atoms with Crippen LogP contribution in [-0.2, 0) is 4.79 Å². The number of aliphatic carboxylic acids is 1. The van der Waals surface area contributed by atoms with Crippen LogP contribution in [0.3, 0.4) is 0 Å². The molecule has 16 heavy (non-hydrogen) atoms. The van der Waals surface area contributed by atoms with Crippen LogP contribution in [0.5, 0.6) is 5.75 Å². The number of ether oxygens (including phenoxy) is 1. The van der Waals surface area contributed by atoms with Gasteiger partial charge in [-0.05, 0) is 19.1 Å². The molecular formula is C11H13NO4. The highest BCUT2D eigenvalue weighted by Gasteiger charge is 2.13. The zero-order valence-corrected chi connectivity index (χ0v) is 9.14. The van der Waals surface area contributed by atoms with E-state index in [1.54, 1.807) is 24.3 Å². The maximum absolute atomic E-state index is 11.4. The van der Waals surface area contributed by atoms with Gasteiger partial charge in [0.15, 0.2) is 0 Å². The molecule has 0 aliphatic rings. The quantitative estimate of drug-likeness (QED) is 0.843. The Kier molecular flexibility index (Phi) is 3.88. The van der Waals surface area contributed by atoms with E-state index in [9.17, 15) is 9.59 Å². The minimum Gasteiger partial charge on any atom is -0.480 e. The molecule has 0 aliphatic carbocycles. The first kappa shape index (κ1) is 12.0. The molecule has 0 atom stereocenters. The number of rotatable bonds is 3. The number of carbonyl (C=O) groups is 2. The molecule has 0 unspecified atom stereocenters. The summed E-state index contributed by atoms with van der Waals surface area (Å²) in [7, 11) is 1.37. The molecule has 0 saturated carbocycles. The van der Waals surface area contributed by atoms with Crippen LogP contribution in [0.15, 0.2) is 24.3 Å². The van der Waals surface area contributed by atoms with Crippen LogP contribution in [0, 0.1) is 6.92 Å². The molecule has 0 fully saturated rings. The summed E-state index contributed by atoms with van der Waals surface area (Å²) < 4.78 is 4.96. The standard InChI is InChI=1S/C11H13NO4/c1-8-3-5-9(6-4-8)16-11(15)12(2)7-10(13)14/h3-6H,7H2,1-2H3,(H,13,14). The summed E-state index contributed by atoms with van der Waals surface area (Å²) in [6, 6.07) is 6.92. The number of hydrogen-bond acceptors (Lipinski definition) is 3. The molecule has 0 radical (unpaired) electrons. The number of carboxylic acids is 1. The fourth-order valence-electron chi connectivity index (χ4n) is 1.05. The Morgan fingerprint density at radius 1 is 1.31 bits per heavy atom. The van der Waals surface area contributed by atoms with Crippen molar-refractivity contribution in [3.05, 3.63) is 29.8 Å². The Morgan fingerprint density at radius 2 is 1.88 bits per heavy atom. The summed E-state index contributed by atoms with van der Waals surface area (Å²) >= 11 is 0. The number of aryl methyl sites for hydroxylation is 1. The van der Waals surface area contributed by atoms with E-state index in [1.165, 1.54) is 7.05 Å². The number of carboxylic acid groups (broad SMARTS) is 1. The lowest BCUT2D eigenvalue weighted by Gasteiger charge is -2.14.